The van der Waals surface area contributed by atoms with Crippen molar-refractivity contribution in [3.05, 3.63) is 52.7 Å². The smallest absolute Gasteiger partial charge is 0.243 e. The molecule has 1 aliphatic carbocycles. The van der Waals surface area contributed by atoms with Crippen molar-refractivity contribution in [2.75, 3.05) is 6.54 Å². The van der Waals surface area contributed by atoms with Crippen LogP contribution in [-0.2, 0) is 26.2 Å². The van der Waals surface area contributed by atoms with Crippen LogP contribution in [0.5, 0.6) is 0 Å². The number of thiophene rings is 1. The molecule has 1 aromatic carbocycles. The van der Waals surface area contributed by atoms with Gasteiger partial charge >= 0.3 is 0 Å². The van der Waals surface area contributed by atoms with E-state index in [4.69, 9.17) is 0 Å². The number of nitrogens with zero attached hydrogens (tertiary/aromatic N) is 1. The fourth-order valence-corrected chi connectivity index (χ4v) is 5.71. The Balaban J connectivity index is 1.78. The molecule has 1 aromatic heterocycles. The predicted octanol–water partition coefficient (Wildman–Crippen LogP) is 3.14. The SMILES string of the molecule is CC(C)[C@H](C(=O)NC1CCCC1)N(Cc1cccs1)C(=O)CNS(=O)(=O)c1ccccc1. The van der Waals surface area contributed by atoms with Crippen LogP contribution < -0.4 is 10.0 Å². The lowest BCUT2D eigenvalue weighted by Crippen LogP contribution is -2.55. The van der Waals surface area contributed by atoms with Gasteiger partial charge in [-0.2, -0.15) is 0 Å². The van der Waals surface area contributed by atoms with Gasteiger partial charge in [0.2, 0.25) is 21.8 Å². The maximum Gasteiger partial charge on any atom is 0.243 e. The van der Waals surface area contributed by atoms with Crippen LogP contribution in [0.2, 0.25) is 0 Å². The summed E-state index contributed by atoms with van der Waals surface area (Å²) in [6, 6.07) is 11.2. The zero-order valence-electron chi connectivity index (χ0n) is 18.5. The van der Waals surface area contributed by atoms with Gasteiger partial charge in [-0.15, -0.1) is 11.3 Å². The van der Waals surface area contributed by atoms with Crippen molar-refractivity contribution in [2.24, 2.45) is 5.92 Å². The van der Waals surface area contributed by atoms with E-state index in [0.29, 0.717) is 0 Å². The first-order valence-corrected chi connectivity index (χ1v) is 13.3. The normalized spacial score (nSPS) is 15.6. The highest BCUT2D eigenvalue weighted by Crippen LogP contribution is 2.22. The topological polar surface area (TPSA) is 95.6 Å². The van der Waals surface area contributed by atoms with E-state index >= 15 is 0 Å². The average molecular weight is 478 g/mol. The number of nitrogens with one attached hydrogen (secondary N) is 2. The van der Waals surface area contributed by atoms with E-state index < -0.39 is 28.5 Å². The molecule has 2 N–H and O–H groups in total. The minimum absolute atomic E-state index is 0.0944. The first kappa shape index (κ1) is 24.4. The molecule has 1 fully saturated rings. The van der Waals surface area contributed by atoms with E-state index in [1.165, 1.54) is 28.4 Å². The number of carbonyl (C=O) groups is 2. The van der Waals surface area contributed by atoms with Crippen LogP contribution in [0.1, 0.15) is 44.4 Å². The Morgan fingerprint density at radius 2 is 1.78 bits per heavy atom. The van der Waals surface area contributed by atoms with Crippen molar-refractivity contribution in [2.45, 2.75) is 63.1 Å². The van der Waals surface area contributed by atoms with Gasteiger partial charge in [0.25, 0.3) is 0 Å². The number of hydrogen-bond acceptors (Lipinski definition) is 5. The lowest BCUT2D eigenvalue weighted by molar-refractivity contribution is -0.142. The monoisotopic (exact) mass is 477 g/mol. The summed E-state index contributed by atoms with van der Waals surface area (Å²) in [4.78, 5) is 29.0. The van der Waals surface area contributed by atoms with Crippen molar-refractivity contribution in [1.29, 1.82) is 0 Å². The van der Waals surface area contributed by atoms with E-state index in [9.17, 15) is 18.0 Å². The van der Waals surface area contributed by atoms with Crippen LogP contribution in [0.25, 0.3) is 0 Å². The van der Waals surface area contributed by atoms with E-state index in [2.05, 4.69) is 10.0 Å². The van der Waals surface area contributed by atoms with Crippen molar-refractivity contribution in [1.82, 2.24) is 14.9 Å². The quantitative estimate of drug-likeness (QED) is 0.550. The second-order valence-corrected chi connectivity index (χ2v) is 11.2. The molecule has 1 heterocycles. The van der Waals surface area contributed by atoms with Gasteiger partial charge in [-0.1, -0.05) is 51.0 Å². The summed E-state index contributed by atoms with van der Waals surface area (Å²) in [5, 5.41) is 5.02. The van der Waals surface area contributed by atoms with Crippen molar-refractivity contribution in [3.8, 4) is 0 Å². The molecule has 32 heavy (non-hydrogen) atoms. The molecule has 0 aliphatic heterocycles. The fourth-order valence-electron chi connectivity index (χ4n) is 4.01. The number of amides is 2. The van der Waals surface area contributed by atoms with Crippen LogP contribution in [0.4, 0.5) is 0 Å². The van der Waals surface area contributed by atoms with Crippen LogP contribution in [-0.4, -0.2) is 43.8 Å². The molecule has 2 aromatic rings. The van der Waals surface area contributed by atoms with E-state index in [1.54, 1.807) is 18.2 Å². The summed E-state index contributed by atoms with van der Waals surface area (Å²) >= 11 is 1.50. The molecule has 0 spiro atoms. The van der Waals surface area contributed by atoms with Crippen LogP contribution in [0.3, 0.4) is 0 Å². The Labute approximate surface area is 194 Å². The Bertz CT molecular complexity index is 986. The zero-order chi connectivity index (χ0) is 23.1. The number of hydrogen-bond donors (Lipinski definition) is 2. The molecule has 0 unspecified atom stereocenters. The molecule has 1 saturated carbocycles. The zero-order valence-corrected chi connectivity index (χ0v) is 20.1. The van der Waals surface area contributed by atoms with Gasteiger partial charge < -0.3 is 10.2 Å². The highest BCUT2D eigenvalue weighted by Gasteiger charge is 2.34. The number of carbonyl (C=O) groups excluding carboxylic acids is 2. The fraction of sp³-hybridized carbons (Fsp3) is 0.478. The van der Waals surface area contributed by atoms with Crippen molar-refractivity contribution >= 4 is 33.2 Å². The third kappa shape index (κ3) is 6.40. The van der Waals surface area contributed by atoms with Crippen LogP contribution in [0, 0.1) is 5.92 Å². The van der Waals surface area contributed by atoms with Gasteiger partial charge in [0.15, 0.2) is 0 Å². The molecule has 174 valence electrons. The molecule has 1 atom stereocenters. The lowest BCUT2D eigenvalue weighted by atomic mass is 10.0. The highest BCUT2D eigenvalue weighted by molar-refractivity contribution is 7.89. The summed E-state index contributed by atoms with van der Waals surface area (Å²) in [7, 11) is -3.83. The number of sulfonamides is 1. The third-order valence-corrected chi connectivity index (χ3v) is 7.91. The Morgan fingerprint density at radius 3 is 2.38 bits per heavy atom. The van der Waals surface area contributed by atoms with E-state index in [-0.39, 0.29) is 29.3 Å². The van der Waals surface area contributed by atoms with E-state index in [1.807, 2.05) is 31.4 Å². The molecule has 3 rings (SSSR count). The molecule has 1 aliphatic rings. The summed E-state index contributed by atoms with van der Waals surface area (Å²) in [6.45, 7) is 3.65. The number of benzene rings is 1. The molecular formula is C23H31N3O4S2. The van der Waals surface area contributed by atoms with Gasteiger partial charge in [0.1, 0.15) is 6.04 Å². The lowest BCUT2D eigenvalue weighted by Gasteiger charge is -2.34. The number of rotatable bonds is 10. The van der Waals surface area contributed by atoms with Gasteiger partial charge in [-0.3, -0.25) is 9.59 Å². The molecule has 0 bridgehead atoms. The Morgan fingerprint density at radius 1 is 1.09 bits per heavy atom. The average Bonchev–Trinajstić information content (AvgIpc) is 3.46. The van der Waals surface area contributed by atoms with Crippen LogP contribution in [0.15, 0.2) is 52.7 Å². The van der Waals surface area contributed by atoms with Gasteiger partial charge in [0.05, 0.1) is 18.0 Å². The largest absolute Gasteiger partial charge is 0.352 e. The van der Waals surface area contributed by atoms with Crippen LogP contribution >= 0.6 is 11.3 Å². The molecule has 0 saturated heterocycles. The highest BCUT2D eigenvalue weighted by atomic mass is 32.2. The second kappa shape index (κ2) is 11.1. The predicted molar refractivity (Wildman–Crippen MR) is 126 cm³/mol. The first-order valence-electron chi connectivity index (χ1n) is 10.9. The molecule has 0 radical (unpaired) electrons. The summed E-state index contributed by atoms with van der Waals surface area (Å²) in [5.74, 6) is -0.744. The maximum atomic E-state index is 13.3. The van der Waals surface area contributed by atoms with E-state index in [0.717, 1.165) is 30.6 Å². The minimum atomic E-state index is -3.83. The molecule has 2 amide bonds. The molecular weight excluding hydrogens is 446 g/mol. The van der Waals surface area contributed by atoms with Gasteiger partial charge in [-0.05, 0) is 42.3 Å². The maximum absolute atomic E-state index is 13.3. The molecule has 7 nitrogen and oxygen atoms in total. The first-order chi connectivity index (χ1) is 15.3. The van der Waals surface area contributed by atoms with Crippen molar-refractivity contribution in [3.63, 3.8) is 0 Å². The van der Waals surface area contributed by atoms with Crippen molar-refractivity contribution < 1.29 is 18.0 Å². The Hall–Kier alpha value is -2.23. The minimum Gasteiger partial charge on any atom is -0.352 e. The third-order valence-electron chi connectivity index (χ3n) is 5.63. The Kier molecular flexibility index (Phi) is 8.44. The molecule has 9 heteroatoms. The standard InChI is InChI=1S/C23H31N3O4S2/c1-17(2)22(23(28)25-18-9-6-7-10-18)26(16-19-11-8-14-31-19)21(27)15-24-32(29,30)20-12-4-3-5-13-20/h3-5,8,11-14,17-18,22,24H,6-7,9-10,15-16H2,1-2H3,(H,25,28)/t22-/m1/s1. The summed E-state index contributed by atoms with van der Waals surface area (Å²) in [6.07, 6.45) is 4.09. The summed E-state index contributed by atoms with van der Waals surface area (Å²) in [5.41, 5.74) is 0. The van der Waals surface area contributed by atoms with Gasteiger partial charge in [0, 0.05) is 10.9 Å². The van der Waals surface area contributed by atoms with Gasteiger partial charge in [-0.25, -0.2) is 13.1 Å². The second-order valence-electron chi connectivity index (χ2n) is 8.42. The summed E-state index contributed by atoms with van der Waals surface area (Å²) < 4.78 is 27.6.